The molecule has 3 nitrogen and oxygen atoms in total. The number of hydrogen-bond donors (Lipinski definition) is 1. The van der Waals surface area contributed by atoms with Gasteiger partial charge in [0.25, 0.3) is 0 Å². The lowest BCUT2D eigenvalue weighted by Crippen LogP contribution is -2.32. The minimum Gasteiger partial charge on any atom is -0.210 e. The van der Waals surface area contributed by atoms with Crippen molar-refractivity contribution in [2.75, 3.05) is 6.54 Å². The Labute approximate surface area is 131 Å². The van der Waals surface area contributed by atoms with E-state index in [0.29, 0.717) is 18.6 Å². The van der Waals surface area contributed by atoms with Crippen LogP contribution in [0.1, 0.15) is 27.2 Å². The van der Waals surface area contributed by atoms with Crippen LogP contribution in [-0.2, 0) is 10.0 Å². The number of benzene rings is 1. The third kappa shape index (κ3) is 5.60. The maximum absolute atomic E-state index is 13.5. The summed E-state index contributed by atoms with van der Waals surface area (Å²) >= 11 is 3.31. The fraction of sp³-hybridized carbons (Fsp3) is 0.538. The molecule has 0 aliphatic carbocycles. The maximum atomic E-state index is 13.5. The molecule has 0 aromatic heterocycles. The van der Waals surface area contributed by atoms with Crippen LogP contribution in [-0.4, -0.2) is 19.8 Å². The molecule has 1 aromatic carbocycles. The van der Waals surface area contributed by atoms with Gasteiger partial charge in [0.05, 0.1) is 0 Å². The highest BCUT2D eigenvalue weighted by Gasteiger charge is 2.26. The second-order valence-corrected chi connectivity index (χ2v) is 8.91. The summed E-state index contributed by atoms with van der Waals surface area (Å²) in [5, 5.41) is 0. The molecule has 0 aliphatic rings. The molecule has 21 heavy (non-hydrogen) atoms. The Morgan fingerprint density at radius 3 is 2.10 bits per heavy atom. The van der Waals surface area contributed by atoms with Gasteiger partial charge < -0.3 is 0 Å². The molecular weight excluding hydrogens is 371 g/mol. The molecule has 0 spiro atoms. The quantitative estimate of drug-likeness (QED) is 0.784. The minimum atomic E-state index is -4.39. The Hall–Kier alpha value is -0.600. The molecular formula is C13H17BrF3NO2S. The van der Waals surface area contributed by atoms with Crippen molar-refractivity contribution in [2.24, 2.45) is 5.41 Å². The number of alkyl halides is 1. The Kier molecular flexibility index (Phi) is 5.85. The van der Waals surface area contributed by atoms with E-state index < -0.39 is 32.4 Å². The van der Waals surface area contributed by atoms with Crippen molar-refractivity contribution in [1.29, 1.82) is 0 Å². The highest BCUT2D eigenvalue weighted by Crippen LogP contribution is 2.25. The molecule has 0 amide bonds. The standard InChI is InChI=1S/C13H17BrF3NO2S/c1-13(2,3)6-8(14)7-18-21(19,20)12-10(16)4-9(15)5-11(12)17/h4-5,8,18H,6-7H2,1-3H3. The summed E-state index contributed by atoms with van der Waals surface area (Å²) in [4.78, 5) is -1.36. The first kappa shape index (κ1) is 18.4. The van der Waals surface area contributed by atoms with Gasteiger partial charge in [-0.15, -0.1) is 0 Å². The van der Waals surface area contributed by atoms with Crippen LogP contribution in [0.5, 0.6) is 0 Å². The van der Waals surface area contributed by atoms with Crippen molar-refractivity contribution in [3.8, 4) is 0 Å². The van der Waals surface area contributed by atoms with Crippen LogP contribution >= 0.6 is 15.9 Å². The first-order chi connectivity index (χ1) is 9.42. The fourth-order valence-electron chi connectivity index (χ4n) is 1.79. The third-order valence-corrected chi connectivity index (χ3v) is 4.68. The average molecular weight is 388 g/mol. The fourth-order valence-corrected chi connectivity index (χ4v) is 4.34. The van der Waals surface area contributed by atoms with Crippen molar-refractivity contribution >= 4 is 26.0 Å². The molecule has 0 radical (unpaired) electrons. The Morgan fingerprint density at radius 1 is 1.19 bits per heavy atom. The molecule has 120 valence electrons. The number of nitrogens with one attached hydrogen (secondary N) is 1. The largest absolute Gasteiger partial charge is 0.246 e. The maximum Gasteiger partial charge on any atom is 0.246 e. The number of halogens is 4. The molecule has 0 saturated heterocycles. The topological polar surface area (TPSA) is 46.2 Å². The highest BCUT2D eigenvalue weighted by molar-refractivity contribution is 9.09. The van der Waals surface area contributed by atoms with Crippen molar-refractivity contribution < 1.29 is 21.6 Å². The minimum absolute atomic E-state index is 0.0319. The van der Waals surface area contributed by atoms with E-state index in [1.807, 2.05) is 20.8 Å². The number of hydrogen-bond acceptors (Lipinski definition) is 2. The molecule has 0 saturated carbocycles. The summed E-state index contributed by atoms with van der Waals surface area (Å²) in [6.07, 6.45) is 0.657. The van der Waals surface area contributed by atoms with Gasteiger partial charge in [0, 0.05) is 23.5 Å². The van der Waals surface area contributed by atoms with Crippen molar-refractivity contribution in [3.63, 3.8) is 0 Å². The monoisotopic (exact) mass is 387 g/mol. The smallest absolute Gasteiger partial charge is 0.210 e. The van der Waals surface area contributed by atoms with Crippen molar-refractivity contribution in [3.05, 3.63) is 29.6 Å². The van der Waals surface area contributed by atoms with Gasteiger partial charge in [0.15, 0.2) is 4.90 Å². The zero-order valence-electron chi connectivity index (χ0n) is 11.9. The number of rotatable bonds is 5. The van der Waals surface area contributed by atoms with E-state index in [0.717, 1.165) is 0 Å². The van der Waals surface area contributed by atoms with Gasteiger partial charge in [-0.2, -0.15) is 0 Å². The summed E-state index contributed by atoms with van der Waals surface area (Å²) < 4.78 is 65.7. The van der Waals surface area contributed by atoms with Crippen LogP contribution in [0.3, 0.4) is 0 Å². The van der Waals surface area contributed by atoms with E-state index in [1.54, 1.807) is 0 Å². The molecule has 0 heterocycles. The first-order valence-corrected chi connectivity index (χ1v) is 8.60. The highest BCUT2D eigenvalue weighted by atomic mass is 79.9. The predicted octanol–water partition coefficient (Wildman–Crippen LogP) is 3.58. The van der Waals surface area contributed by atoms with Crippen LogP contribution < -0.4 is 4.72 Å². The van der Waals surface area contributed by atoms with Crippen molar-refractivity contribution in [1.82, 2.24) is 4.72 Å². The predicted molar refractivity (Wildman–Crippen MR) is 78.3 cm³/mol. The Morgan fingerprint density at radius 2 is 1.67 bits per heavy atom. The van der Waals surface area contributed by atoms with Gasteiger partial charge in [-0.3, -0.25) is 0 Å². The van der Waals surface area contributed by atoms with Crippen LogP contribution in [0.25, 0.3) is 0 Å². The zero-order valence-corrected chi connectivity index (χ0v) is 14.3. The lowest BCUT2D eigenvalue weighted by molar-refractivity contribution is 0.373. The first-order valence-electron chi connectivity index (χ1n) is 6.21. The molecule has 1 aromatic rings. The molecule has 1 N–H and O–H groups in total. The molecule has 1 rings (SSSR count). The lowest BCUT2D eigenvalue weighted by atomic mass is 9.91. The second-order valence-electron chi connectivity index (χ2n) is 5.91. The summed E-state index contributed by atoms with van der Waals surface area (Å²) in [5.74, 6) is -4.08. The van der Waals surface area contributed by atoms with E-state index in [9.17, 15) is 21.6 Å². The number of sulfonamides is 1. The molecule has 0 bridgehead atoms. The Bertz CT molecular complexity index is 591. The summed E-state index contributed by atoms with van der Waals surface area (Å²) in [6, 6.07) is 0.664. The van der Waals surface area contributed by atoms with Crippen LogP contribution in [0.15, 0.2) is 17.0 Å². The zero-order chi connectivity index (χ0) is 16.4. The van der Waals surface area contributed by atoms with Crippen LogP contribution in [0.4, 0.5) is 13.2 Å². The van der Waals surface area contributed by atoms with Gasteiger partial charge >= 0.3 is 0 Å². The molecule has 1 unspecified atom stereocenters. The van der Waals surface area contributed by atoms with Crippen molar-refractivity contribution in [2.45, 2.75) is 36.9 Å². The lowest BCUT2D eigenvalue weighted by Gasteiger charge is -2.22. The average Bonchev–Trinajstić information content (AvgIpc) is 2.22. The molecule has 1 atom stereocenters. The van der Waals surface area contributed by atoms with E-state index in [-0.39, 0.29) is 16.8 Å². The van der Waals surface area contributed by atoms with Gasteiger partial charge in [-0.05, 0) is 11.8 Å². The van der Waals surface area contributed by atoms with Gasteiger partial charge in [-0.25, -0.2) is 26.3 Å². The van der Waals surface area contributed by atoms with E-state index in [1.165, 1.54) is 0 Å². The molecule has 0 aliphatic heterocycles. The second kappa shape index (κ2) is 6.66. The summed E-state index contributed by atoms with van der Waals surface area (Å²) in [6.45, 7) is 5.91. The van der Waals surface area contributed by atoms with E-state index in [4.69, 9.17) is 0 Å². The Balaban J connectivity index is 2.89. The normalized spacial score (nSPS) is 14.2. The third-order valence-electron chi connectivity index (χ3n) is 2.56. The van der Waals surface area contributed by atoms with Gasteiger partial charge in [-0.1, -0.05) is 36.7 Å². The summed E-state index contributed by atoms with van der Waals surface area (Å²) in [5.41, 5.74) is -0.0357. The van der Waals surface area contributed by atoms with Gasteiger partial charge in [0.2, 0.25) is 10.0 Å². The van der Waals surface area contributed by atoms with E-state index >= 15 is 0 Å². The molecule has 8 heteroatoms. The molecule has 0 fully saturated rings. The van der Waals surface area contributed by atoms with E-state index in [2.05, 4.69) is 20.7 Å². The van der Waals surface area contributed by atoms with Gasteiger partial charge in [0.1, 0.15) is 17.5 Å². The summed E-state index contributed by atoms with van der Waals surface area (Å²) in [7, 11) is -4.39. The van der Waals surface area contributed by atoms with Crippen LogP contribution in [0, 0.1) is 22.9 Å². The SMILES string of the molecule is CC(C)(C)CC(Br)CNS(=O)(=O)c1c(F)cc(F)cc1F. The van der Waals surface area contributed by atoms with Crippen LogP contribution in [0.2, 0.25) is 0 Å².